The van der Waals surface area contributed by atoms with E-state index in [1.807, 2.05) is 0 Å². The predicted octanol–water partition coefficient (Wildman–Crippen LogP) is 1.37. The molecule has 1 saturated heterocycles. The van der Waals surface area contributed by atoms with Gasteiger partial charge in [-0.2, -0.15) is 17.5 Å². The van der Waals surface area contributed by atoms with Crippen LogP contribution in [-0.2, 0) is 24.3 Å². The summed E-state index contributed by atoms with van der Waals surface area (Å²) < 4.78 is 67.3. The number of alkyl halides is 3. The molecule has 0 aliphatic carbocycles. The van der Waals surface area contributed by atoms with Crippen molar-refractivity contribution in [3.05, 3.63) is 29.8 Å². The first-order chi connectivity index (χ1) is 12.5. The molecule has 0 saturated carbocycles. The zero-order valence-corrected chi connectivity index (χ0v) is 15.3. The number of ether oxygens (including phenoxy) is 1. The van der Waals surface area contributed by atoms with E-state index in [9.17, 15) is 31.2 Å². The second-order valence-corrected chi connectivity index (χ2v) is 7.98. The summed E-state index contributed by atoms with van der Waals surface area (Å²) >= 11 is 0. The summed E-state index contributed by atoms with van der Waals surface area (Å²) in [5.74, 6) is -2.09. The molecule has 11 heteroatoms. The van der Waals surface area contributed by atoms with Crippen LogP contribution in [0.3, 0.4) is 0 Å². The van der Waals surface area contributed by atoms with E-state index in [1.165, 1.54) is 12.1 Å². The fraction of sp³-hybridized carbons (Fsp3) is 0.500. The van der Waals surface area contributed by atoms with Gasteiger partial charge in [-0.25, -0.2) is 8.42 Å². The molecule has 7 nitrogen and oxygen atoms in total. The summed E-state index contributed by atoms with van der Waals surface area (Å²) in [6.45, 7) is -0.545. The number of sulfonamides is 1. The van der Waals surface area contributed by atoms with Gasteiger partial charge in [0.2, 0.25) is 10.0 Å². The quantitative estimate of drug-likeness (QED) is 0.718. The topological polar surface area (TPSA) is 92.8 Å². The van der Waals surface area contributed by atoms with Crippen molar-refractivity contribution in [2.45, 2.75) is 36.9 Å². The van der Waals surface area contributed by atoms with E-state index in [1.54, 1.807) is 24.4 Å². The van der Waals surface area contributed by atoms with E-state index >= 15 is 0 Å². The lowest BCUT2D eigenvalue weighted by Crippen LogP contribution is -2.43. The molecule has 1 aromatic rings. The van der Waals surface area contributed by atoms with Gasteiger partial charge in [-0.1, -0.05) is 17.7 Å². The van der Waals surface area contributed by atoms with Crippen molar-refractivity contribution in [1.29, 1.82) is 0 Å². The number of carbonyl (C=O) groups is 2. The Hall–Kier alpha value is -2.14. The van der Waals surface area contributed by atoms with Crippen molar-refractivity contribution >= 4 is 21.9 Å². The highest BCUT2D eigenvalue weighted by Gasteiger charge is 2.40. The largest absolute Gasteiger partial charge is 0.454 e. The van der Waals surface area contributed by atoms with Gasteiger partial charge in [0.25, 0.3) is 5.91 Å². The molecule has 1 atom stereocenters. The Bertz CT molecular complexity index is 793. The van der Waals surface area contributed by atoms with Crippen LogP contribution in [0.1, 0.15) is 18.4 Å². The molecule has 0 aromatic heterocycles. The van der Waals surface area contributed by atoms with Crippen LogP contribution in [-0.4, -0.2) is 56.5 Å². The van der Waals surface area contributed by atoms with Crippen LogP contribution in [0.2, 0.25) is 0 Å². The second-order valence-electron chi connectivity index (χ2n) is 6.09. The van der Waals surface area contributed by atoms with Crippen molar-refractivity contribution in [3.8, 4) is 0 Å². The molecule has 1 aromatic carbocycles. The lowest BCUT2D eigenvalue weighted by atomic mass is 10.2. The maximum absolute atomic E-state index is 12.7. The van der Waals surface area contributed by atoms with Crippen LogP contribution in [0.15, 0.2) is 29.2 Å². The lowest BCUT2D eigenvalue weighted by Gasteiger charge is -2.22. The molecule has 0 bridgehead atoms. The van der Waals surface area contributed by atoms with Crippen LogP contribution >= 0.6 is 0 Å². The zero-order valence-electron chi connectivity index (χ0n) is 14.5. The Kier molecular flexibility index (Phi) is 6.47. The van der Waals surface area contributed by atoms with Crippen molar-refractivity contribution in [2.24, 2.45) is 0 Å². The van der Waals surface area contributed by atoms with Gasteiger partial charge in [0.15, 0.2) is 6.61 Å². The molecule has 1 aliphatic heterocycles. The van der Waals surface area contributed by atoms with Crippen LogP contribution in [0.25, 0.3) is 0 Å². The van der Waals surface area contributed by atoms with E-state index in [4.69, 9.17) is 4.74 Å². The SMILES string of the molecule is Cc1ccc(S(=O)(=O)N2CCC[C@H]2C(=O)OCC(=O)NCC(F)(F)F)cc1. The highest BCUT2D eigenvalue weighted by Crippen LogP contribution is 2.27. The Morgan fingerprint density at radius 1 is 1.26 bits per heavy atom. The van der Waals surface area contributed by atoms with Crippen LogP contribution in [0.4, 0.5) is 13.2 Å². The number of rotatable bonds is 6. The van der Waals surface area contributed by atoms with Crippen molar-refractivity contribution in [3.63, 3.8) is 0 Å². The molecule has 0 unspecified atom stereocenters. The number of amides is 1. The van der Waals surface area contributed by atoms with Gasteiger partial charge >= 0.3 is 12.1 Å². The summed E-state index contributed by atoms with van der Waals surface area (Å²) in [5.41, 5.74) is 0.871. The van der Waals surface area contributed by atoms with Gasteiger partial charge in [0, 0.05) is 6.54 Å². The Labute approximate surface area is 154 Å². The highest BCUT2D eigenvalue weighted by atomic mass is 32.2. The first-order valence-electron chi connectivity index (χ1n) is 8.09. The van der Waals surface area contributed by atoms with Crippen LogP contribution < -0.4 is 5.32 Å². The molecule has 2 rings (SSSR count). The van der Waals surface area contributed by atoms with Gasteiger partial charge in [0.1, 0.15) is 12.6 Å². The highest BCUT2D eigenvalue weighted by molar-refractivity contribution is 7.89. The molecule has 0 radical (unpaired) electrons. The van der Waals surface area contributed by atoms with Crippen molar-refractivity contribution in [1.82, 2.24) is 9.62 Å². The predicted molar refractivity (Wildman–Crippen MR) is 88.1 cm³/mol. The minimum Gasteiger partial charge on any atom is -0.454 e. The number of hydrogen-bond donors (Lipinski definition) is 1. The Morgan fingerprint density at radius 2 is 1.89 bits per heavy atom. The number of hydrogen-bond acceptors (Lipinski definition) is 5. The zero-order chi connectivity index (χ0) is 20.2. The van der Waals surface area contributed by atoms with E-state index in [2.05, 4.69) is 0 Å². The van der Waals surface area contributed by atoms with Crippen molar-refractivity contribution < 1.29 is 35.9 Å². The van der Waals surface area contributed by atoms with Gasteiger partial charge in [-0.3, -0.25) is 9.59 Å². The van der Waals surface area contributed by atoms with E-state index in [0.717, 1.165) is 9.87 Å². The van der Waals surface area contributed by atoms with Gasteiger partial charge in [-0.05, 0) is 31.9 Å². The number of halogens is 3. The fourth-order valence-electron chi connectivity index (χ4n) is 2.59. The average molecular weight is 408 g/mol. The number of carbonyl (C=O) groups excluding carboxylic acids is 2. The third kappa shape index (κ3) is 5.67. The molecule has 1 fully saturated rings. The summed E-state index contributed by atoms with van der Waals surface area (Å²) in [6, 6.07) is 4.99. The second kappa shape index (κ2) is 8.26. The number of aryl methyl sites for hydroxylation is 1. The number of nitrogens with one attached hydrogen (secondary N) is 1. The van der Waals surface area contributed by atoms with E-state index in [-0.39, 0.29) is 17.9 Å². The van der Waals surface area contributed by atoms with E-state index < -0.39 is 47.3 Å². The molecule has 1 aliphatic rings. The molecule has 1 N–H and O–H groups in total. The number of esters is 1. The first-order valence-corrected chi connectivity index (χ1v) is 9.53. The maximum atomic E-state index is 12.7. The molecule has 0 spiro atoms. The maximum Gasteiger partial charge on any atom is 0.405 e. The summed E-state index contributed by atoms with van der Waals surface area (Å²) in [7, 11) is -3.93. The Morgan fingerprint density at radius 3 is 2.48 bits per heavy atom. The normalized spacial score (nSPS) is 18.3. The molecule has 1 heterocycles. The molecule has 1 amide bonds. The van der Waals surface area contributed by atoms with Crippen LogP contribution in [0, 0.1) is 6.92 Å². The number of nitrogens with zero attached hydrogens (tertiary/aromatic N) is 1. The third-order valence-electron chi connectivity index (χ3n) is 3.93. The summed E-state index contributed by atoms with van der Waals surface area (Å²) in [4.78, 5) is 23.5. The number of benzene rings is 1. The Balaban J connectivity index is 1.99. The standard InChI is InChI=1S/C16H19F3N2O5S/c1-11-4-6-12(7-5-11)27(24,25)21-8-2-3-13(21)15(23)26-9-14(22)20-10-16(17,18)19/h4-7,13H,2-3,8-10H2,1H3,(H,20,22)/t13-/m0/s1. The lowest BCUT2D eigenvalue weighted by molar-refractivity contribution is -0.153. The first kappa shape index (κ1) is 21.2. The molecular weight excluding hydrogens is 389 g/mol. The van der Waals surface area contributed by atoms with E-state index in [0.29, 0.717) is 6.42 Å². The van der Waals surface area contributed by atoms with Gasteiger partial charge in [0.05, 0.1) is 4.90 Å². The molecule has 150 valence electrons. The van der Waals surface area contributed by atoms with Gasteiger partial charge in [-0.15, -0.1) is 0 Å². The summed E-state index contributed by atoms with van der Waals surface area (Å²) in [6.07, 6.45) is -3.96. The monoisotopic (exact) mass is 408 g/mol. The smallest absolute Gasteiger partial charge is 0.405 e. The minimum absolute atomic E-state index is 0.0238. The van der Waals surface area contributed by atoms with Crippen LogP contribution in [0.5, 0.6) is 0 Å². The third-order valence-corrected chi connectivity index (χ3v) is 5.86. The molecule has 27 heavy (non-hydrogen) atoms. The summed E-state index contributed by atoms with van der Waals surface area (Å²) in [5, 5.41) is 1.57. The van der Waals surface area contributed by atoms with Gasteiger partial charge < -0.3 is 10.1 Å². The van der Waals surface area contributed by atoms with Crippen molar-refractivity contribution in [2.75, 3.05) is 19.7 Å². The minimum atomic E-state index is -4.58. The molecular formula is C16H19F3N2O5S. The average Bonchev–Trinajstić information content (AvgIpc) is 3.08. The fourth-order valence-corrected chi connectivity index (χ4v) is 4.24.